The molecule has 2 heterocycles. The Bertz CT molecular complexity index is 943. The summed E-state index contributed by atoms with van der Waals surface area (Å²) in [6, 6.07) is 21.3. The fourth-order valence-corrected chi connectivity index (χ4v) is 3.67. The largest absolute Gasteiger partial charge is 0.355 e. The van der Waals surface area contributed by atoms with E-state index in [1.807, 2.05) is 6.07 Å². The molecule has 0 aliphatic rings. The summed E-state index contributed by atoms with van der Waals surface area (Å²) in [5.74, 6) is 0.860. The molecule has 0 saturated heterocycles. The Balaban J connectivity index is 1.45. The van der Waals surface area contributed by atoms with Crippen LogP contribution < -0.4 is 4.90 Å². The normalized spacial score (nSPS) is 12.5. The van der Waals surface area contributed by atoms with E-state index in [0.717, 1.165) is 29.4 Å². The number of thiophene rings is 1. The highest BCUT2D eigenvalue weighted by Crippen LogP contribution is 2.24. The second-order valence-corrected chi connectivity index (χ2v) is 7.10. The van der Waals surface area contributed by atoms with Crippen LogP contribution in [-0.2, 0) is 13.1 Å². The number of hydrogen-bond acceptors (Lipinski definition) is 3. The standard InChI is InChI=1S/C20H18N2OS/c1-22(13-15-8-9-16-5-2-3-6-17(16)11-15)14-18-12-19(23-21-18)20-7-4-10-24-20/h2-12H,13-14H2,1H3/p+1. The van der Waals surface area contributed by atoms with E-state index in [2.05, 4.69) is 72.2 Å². The van der Waals surface area contributed by atoms with Crippen LogP contribution in [-0.4, -0.2) is 12.2 Å². The molecule has 0 fully saturated rings. The average Bonchev–Trinajstić information content (AvgIpc) is 3.26. The summed E-state index contributed by atoms with van der Waals surface area (Å²) >= 11 is 1.67. The van der Waals surface area contributed by atoms with Gasteiger partial charge in [0.15, 0.2) is 5.76 Å². The first kappa shape index (κ1) is 15.1. The van der Waals surface area contributed by atoms with E-state index in [4.69, 9.17) is 4.52 Å². The van der Waals surface area contributed by atoms with E-state index in [1.54, 1.807) is 11.3 Å². The van der Waals surface area contributed by atoms with Gasteiger partial charge in [-0.2, -0.15) is 0 Å². The van der Waals surface area contributed by atoms with Crippen molar-refractivity contribution in [2.75, 3.05) is 7.05 Å². The van der Waals surface area contributed by atoms with Crippen molar-refractivity contribution in [1.82, 2.24) is 5.16 Å². The third kappa shape index (κ3) is 3.25. The monoisotopic (exact) mass is 335 g/mol. The molecule has 1 unspecified atom stereocenters. The van der Waals surface area contributed by atoms with Gasteiger partial charge < -0.3 is 9.42 Å². The van der Waals surface area contributed by atoms with Crippen LogP contribution >= 0.6 is 11.3 Å². The van der Waals surface area contributed by atoms with Crippen LogP contribution in [0.2, 0.25) is 0 Å². The molecule has 2 aromatic heterocycles. The minimum absolute atomic E-state index is 0.849. The van der Waals surface area contributed by atoms with E-state index < -0.39 is 0 Å². The van der Waals surface area contributed by atoms with Gasteiger partial charge >= 0.3 is 0 Å². The van der Waals surface area contributed by atoms with E-state index in [9.17, 15) is 0 Å². The molecule has 4 rings (SSSR count). The Morgan fingerprint density at radius 3 is 2.67 bits per heavy atom. The molecule has 2 aromatic carbocycles. The van der Waals surface area contributed by atoms with E-state index in [0.29, 0.717) is 0 Å². The van der Waals surface area contributed by atoms with Gasteiger partial charge in [0, 0.05) is 11.6 Å². The minimum atomic E-state index is 0.849. The van der Waals surface area contributed by atoms with Crippen LogP contribution in [0.25, 0.3) is 21.4 Å². The van der Waals surface area contributed by atoms with Crippen molar-refractivity contribution in [1.29, 1.82) is 0 Å². The van der Waals surface area contributed by atoms with Crippen molar-refractivity contribution >= 4 is 22.1 Å². The van der Waals surface area contributed by atoms with Crippen molar-refractivity contribution in [3.05, 3.63) is 77.3 Å². The highest BCUT2D eigenvalue weighted by atomic mass is 32.1. The second kappa shape index (κ2) is 6.59. The highest BCUT2D eigenvalue weighted by molar-refractivity contribution is 7.13. The number of hydrogen-bond donors (Lipinski definition) is 1. The van der Waals surface area contributed by atoms with E-state index >= 15 is 0 Å². The predicted molar refractivity (Wildman–Crippen MR) is 98.1 cm³/mol. The number of nitrogens with one attached hydrogen (secondary N) is 1. The van der Waals surface area contributed by atoms with E-state index in [1.165, 1.54) is 21.2 Å². The van der Waals surface area contributed by atoms with Crippen molar-refractivity contribution in [2.24, 2.45) is 0 Å². The fraction of sp³-hybridized carbons (Fsp3) is 0.150. The minimum Gasteiger partial charge on any atom is -0.355 e. The van der Waals surface area contributed by atoms with Gasteiger partial charge in [-0.3, -0.25) is 0 Å². The molecule has 1 N–H and O–H groups in total. The quantitative estimate of drug-likeness (QED) is 0.602. The summed E-state index contributed by atoms with van der Waals surface area (Å²) < 4.78 is 5.46. The van der Waals surface area contributed by atoms with Gasteiger partial charge in [-0.05, 0) is 28.3 Å². The van der Waals surface area contributed by atoms with Gasteiger partial charge in [0.2, 0.25) is 0 Å². The molecular formula is C20H19N2OS+. The molecule has 0 saturated carbocycles. The molecule has 0 aliphatic heterocycles. The molecule has 0 radical (unpaired) electrons. The molecule has 0 bridgehead atoms. The number of fused-ring (bicyclic) bond motifs is 1. The maximum absolute atomic E-state index is 5.46. The number of benzene rings is 2. The molecule has 0 amide bonds. The fourth-order valence-electron chi connectivity index (χ4n) is 3.00. The lowest BCUT2D eigenvalue weighted by atomic mass is 10.1. The first-order valence-electron chi connectivity index (χ1n) is 8.06. The molecule has 1 atom stereocenters. The third-order valence-corrected chi connectivity index (χ3v) is 5.01. The zero-order valence-electron chi connectivity index (χ0n) is 13.5. The SMILES string of the molecule is C[NH+](Cc1ccc2ccccc2c1)Cc1cc(-c2cccs2)on1. The van der Waals surface area contributed by atoms with Crippen LogP contribution in [0.5, 0.6) is 0 Å². The van der Waals surface area contributed by atoms with Crippen LogP contribution in [0.3, 0.4) is 0 Å². The molecule has 0 aliphatic carbocycles. The number of quaternary nitrogens is 1. The lowest BCUT2D eigenvalue weighted by molar-refractivity contribution is -0.908. The summed E-state index contributed by atoms with van der Waals surface area (Å²) in [7, 11) is 2.19. The van der Waals surface area contributed by atoms with Crippen LogP contribution in [0, 0.1) is 0 Å². The first-order chi connectivity index (χ1) is 11.8. The summed E-state index contributed by atoms with van der Waals surface area (Å²) in [5.41, 5.74) is 2.34. The number of aromatic nitrogens is 1. The molecular weight excluding hydrogens is 316 g/mol. The van der Waals surface area contributed by atoms with Gasteiger partial charge in [-0.25, -0.2) is 0 Å². The molecule has 4 aromatic rings. The molecule has 3 nitrogen and oxygen atoms in total. The predicted octanol–water partition coefficient (Wildman–Crippen LogP) is 3.77. The van der Waals surface area contributed by atoms with Gasteiger partial charge in [0.25, 0.3) is 0 Å². The Labute approximate surface area is 145 Å². The van der Waals surface area contributed by atoms with Crippen molar-refractivity contribution < 1.29 is 9.42 Å². The number of rotatable bonds is 5. The topological polar surface area (TPSA) is 30.5 Å². The molecule has 120 valence electrons. The third-order valence-electron chi connectivity index (χ3n) is 4.13. The van der Waals surface area contributed by atoms with Gasteiger partial charge in [-0.1, -0.05) is 47.6 Å². The molecule has 0 spiro atoms. The zero-order valence-corrected chi connectivity index (χ0v) is 14.3. The maximum atomic E-state index is 5.46. The lowest BCUT2D eigenvalue weighted by Crippen LogP contribution is -3.06. The Hall–Kier alpha value is -2.43. The second-order valence-electron chi connectivity index (χ2n) is 6.15. The zero-order chi connectivity index (χ0) is 16.4. The Kier molecular flexibility index (Phi) is 4.15. The van der Waals surface area contributed by atoms with Crippen LogP contribution in [0.1, 0.15) is 11.3 Å². The smallest absolute Gasteiger partial charge is 0.177 e. The van der Waals surface area contributed by atoms with Crippen molar-refractivity contribution in [2.45, 2.75) is 13.1 Å². The Morgan fingerprint density at radius 1 is 0.958 bits per heavy atom. The average molecular weight is 335 g/mol. The van der Waals surface area contributed by atoms with Crippen molar-refractivity contribution in [3.8, 4) is 10.6 Å². The molecule has 4 heteroatoms. The highest BCUT2D eigenvalue weighted by Gasteiger charge is 2.12. The number of nitrogens with zero attached hydrogens (tertiary/aromatic N) is 1. The lowest BCUT2D eigenvalue weighted by Gasteiger charge is -2.12. The summed E-state index contributed by atoms with van der Waals surface area (Å²) in [5, 5.41) is 8.85. The van der Waals surface area contributed by atoms with E-state index in [-0.39, 0.29) is 0 Å². The first-order valence-corrected chi connectivity index (χ1v) is 8.94. The van der Waals surface area contributed by atoms with Gasteiger partial charge in [-0.15, -0.1) is 11.3 Å². The Morgan fingerprint density at radius 2 is 1.83 bits per heavy atom. The van der Waals surface area contributed by atoms with Crippen LogP contribution in [0.4, 0.5) is 0 Å². The van der Waals surface area contributed by atoms with Crippen LogP contribution in [0.15, 0.2) is 70.6 Å². The van der Waals surface area contributed by atoms with Gasteiger partial charge in [0.1, 0.15) is 18.8 Å². The molecule has 24 heavy (non-hydrogen) atoms. The maximum Gasteiger partial charge on any atom is 0.177 e. The van der Waals surface area contributed by atoms with Gasteiger partial charge in [0.05, 0.1) is 11.9 Å². The summed E-state index contributed by atoms with van der Waals surface area (Å²) in [6.45, 7) is 1.81. The van der Waals surface area contributed by atoms with Crippen molar-refractivity contribution in [3.63, 3.8) is 0 Å². The summed E-state index contributed by atoms with van der Waals surface area (Å²) in [6.07, 6.45) is 0. The summed E-state index contributed by atoms with van der Waals surface area (Å²) in [4.78, 5) is 2.51.